The number of urea groups is 1. The fourth-order valence-electron chi connectivity index (χ4n) is 2.39. The molecule has 1 aliphatic rings. The lowest BCUT2D eigenvalue weighted by atomic mass is 10.0. The average Bonchev–Trinajstić information content (AvgIpc) is 2.41. The number of carboxylic acid groups (broad SMARTS) is 1. The third-order valence-electron chi connectivity index (χ3n) is 3.58. The number of carbonyl (C=O) groups is 2. The van der Waals surface area contributed by atoms with Crippen molar-refractivity contribution in [2.45, 2.75) is 13.0 Å². The summed E-state index contributed by atoms with van der Waals surface area (Å²) in [7, 11) is 1.64. The molecule has 0 spiro atoms. The molecule has 2 amide bonds. The molecule has 1 N–H and O–H groups in total. The predicted octanol–water partition coefficient (Wildman–Crippen LogP) is 1.82. The zero-order valence-electron chi connectivity index (χ0n) is 11.1. The van der Waals surface area contributed by atoms with Gasteiger partial charge in [-0.05, 0) is 12.5 Å². The van der Waals surface area contributed by atoms with E-state index in [-0.39, 0.29) is 25.2 Å². The first-order chi connectivity index (χ1) is 9.00. The summed E-state index contributed by atoms with van der Waals surface area (Å²) in [6.45, 7) is 2.45. The van der Waals surface area contributed by atoms with E-state index in [0.29, 0.717) is 0 Å². The van der Waals surface area contributed by atoms with Gasteiger partial charge in [-0.25, -0.2) is 4.79 Å². The predicted molar refractivity (Wildman–Crippen MR) is 70.7 cm³/mol. The highest BCUT2D eigenvalue weighted by molar-refractivity contribution is 5.79. The van der Waals surface area contributed by atoms with Crippen molar-refractivity contribution in [2.24, 2.45) is 5.92 Å². The van der Waals surface area contributed by atoms with Crippen LogP contribution in [0, 0.1) is 5.92 Å². The first kappa shape index (κ1) is 13.4. The Morgan fingerprint density at radius 3 is 2.53 bits per heavy atom. The van der Waals surface area contributed by atoms with E-state index >= 15 is 0 Å². The normalized spacial score (nSPS) is 21.4. The quantitative estimate of drug-likeness (QED) is 0.903. The van der Waals surface area contributed by atoms with E-state index in [2.05, 4.69) is 0 Å². The Labute approximate surface area is 112 Å². The smallest absolute Gasteiger partial charge is 0.320 e. The van der Waals surface area contributed by atoms with Gasteiger partial charge < -0.3 is 14.9 Å². The van der Waals surface area contributed by atoms with Crippen LogP contribution in [0.5, 0.6) is 0 Å². The van der Waals surface area contributed by atoms with Crippen molar-refractivity contribution in [3.63, 3.8) is 0 Å². The van der Waals surface area contributed by atoms with Gasteiger partial charge in [0.15, 0.2) is 0 Å². The molecule has 0 aromatic heterocycles. The van der Waals surface area contributed by atoms with Crippen LogP contribution in [0.3, 0.4) is 0 Å². The Bertz CT molecular complexity index is 475. The Morgan fingerprint density at radius 2 is 1.95 bits per heavy atom. The molecule has 2 atom stereocenters. The van der Waals surface area contributed by atoms with E-state index in [9.17, 15) is 9.59 Å². The van der Waals surface area contributed by atoms with Gasteiger partial charge in [0.2, 0.25) is 0 Å². The highest BCUT2D eigenvalue weighted by atomic mass is 16.4. The molecule has 1 saturated heterocycles. The summed E-state index contributed by atoms with van der Waals surface area (Å²) in [6, 6.07) is 9.40. The number of hydrogen-bond acceptors (Lipinski definition) is 2. The van der Waals surface area contributed by atoms with Gasteiger partial charge in [-0.3, -0.25) is 4.79 Å². The number of aliphatic carboxylic acids is 1. The Balaban J connectivity index is 2.21. The highest BCUT2D eigenvalue weighted by Crippen LogP contribution is 2.25. The van der Waals surface area contributed by atoms with Crippen LogP contribution in [0.2, 0.25) is 0 Å². The molecule has 0 radical (unpaired) electrons. The largest absolute Gasteiger partial charge is 0.481 e. The maximum absolute atomic E-state index is 12.2. The summed E-state index contributed by atoms with van der Waals surface area (Å²) in [5.74, 6) is -1.39. The minimum Gasteiger partial charge on any atom is -0.481 e. The molecule has 102 valence electrons. The van der Waals surface area contributed by atoms with Gasteiger partial charge in [0.05, 0.1) is 12.0 Å². The lowest BCUT2D eigenvalue weighted by Gasteiger charge is -2.40. The molecule has 2 unspecified atom stereocenters. The lowest BCUT2D eigenvalue weighted by Crippen LogP contribution is -2.54. The van der Waals surface area contributed by atoms with Crippen molar-refractivity contribution in [1.82, 2.24) is 9.80 Å². The zero-order valence-corrected chi connectivity index (χ0v) is 11.1. The van der Waals surface area contributed by atoms with Gasteiger partial charge in [0.1, 0.15) is 0 Å². The molecule has 1 aliphatic heterocycles. The van der Waals surface area contributed by atoms with Gasteiger partial charge in [-0.1, -0.05) is 30.3 Å². The first-order valence-electron chi connectivity index (χ1n) is 6.30. The molecule has 19 heavy (non-hydrogen) atoms. The molecule has 1 heterocycles. The molecule has 1 fully saturated rings. The number of carboxylic acids is 1. The van der Waals surface area contributed by atoms with Crippen molar-refractivity contribution in [3.8, 4) is 0 Å². The van der Waals surface area contributed by atoms with Crippen LogP contribution >= 0.6 is 0 Å². The Morgan fingerprint density at radius 1 is 1.32 bits per heavy atom. The van der Waals surface area contributed by atoms with E-state index in [1.165, 1.54) is 4.90 Å². The lowest BCUT2D eigenvalue weighted by molar-refractivity contribution is -0.143. The van der Waals surface area contributed by atoms with Crippen molar-refractivity contribution in [3.05, 3.63) is 35.9 Å². The average molecular weight is 262 g/mol. The van der Waals surface area contributed by atoms with Crippen LogP contribution in [0.4, 0.5) is 4.79 Å². The van der Waals surface area contributed by atoms with E-state index < -0.39 is 11.9 Å². The van der Waals surface area contributed by atoms with E-state index in [4.69, 9.17) is 5.11 Å². The van der Waals surface area contributed by atoms with Crippen LogP contribution in [-0.4, -0.2) is 47.0 Å². The Hall–Kier alpha value is -2.04. The van der Waals surface area contributed by atoms with Crippen LogP contribution in [0.15, 0.2) is 30.3 Å². The van der Waals surface area contributed by atoms with Gasteiger partial charge in [0, 0.05) is 20.1 Å². The minimum atomic E-state index is -0.857. The molecule has 0 aliphatic carbocycles. The van der Waals surface area contributed by atoms with Crippen molar-refractivity contribution >= 4 is 12.0 Å². The second-order valence-electron chi connectivity index (χ2n) is 4.94. The fourth-order valence-corrected chi connectivity index (χ4v) is 2.39. The summed E-state index contributed by atoms with van der Waals surface area (Å²) in [5, 5.41) is 9.15. The SMILES string of the molecule is CC(c1ccccc1)N1CC(C(=O)O)CN(C)C1=O. The third-order valence-corrected chi connectivity index (χ3v) is 3.58. The topological polar surface area (TPSA) is 60.9 Å². The molecular weight excluding hydrogens is 244 g/mol. The number of carbonyl (C=O) groups excluding carboxylic acids is 1. The minimum absolute atomic E-state index is 0.117. The van der Waals surface area contributed by atoms with Crippen LogP contribution < -0.4 is 0 Å². The molecular formula is C14H18N2O3. The summed E-state index contributed by atoms with van der Waals surface area (Å²) in [6.07, 6.45) is 0. The number of hydrogen-bond donors (Lipinski definition) is 1. The number of benzene rings is 1. The maximum Gasteiger partial charge on any atom is 0.320 e. The van der Waals surface area contributed by atoms with E-state index in [0.717, 1.165) is 5.56 Å². The van der Waals surface area contributed by atoms with Crippen molar-refractivity contribution in [2.75, 3.05) is 20.1 Å². The van der Waals surface area contributed by atoms with Crippen LogP contribution in [0.1, 0.15) is 18.5 Å². The highest BCUT2D eigenvalue weighted by Gasteiger charge is 2.36. The second kappa shape index (κ2) is 5.30. The van der Waals surface area contributed by atoms with Crippen LogP contribution in [0.25, 0.3) is 0 Å². The monoisotopic (exact) mass is 262 g/mol. The summed E-state index contributed by atoms with van der Waals surface area (Å²) in [5.41, 5.74) is 1.01. The Kier molecular flexibility index (Phi) is 3.74. The molecule has 2 rings (SSSR count). The second-order valence-corrected chi connectivity index (χ2v) is 4.94. The molecule has 1 aromatic rings. The van der Waals surface area contributed by atoms with Gasteiger partial charge in [0.25, 0.3) is 0 Å². The standard InChI is InChI=1S/C14H18N2O3/c1-10(11-6-4-3-5-7-11)16-9-12(13(17)18)8-15(2)14(16)19/h3-7,10,12H,8-9H2,1-2H3,(H,17,18). The van der Waals surface area contributed by atoms with Crippen molar-refractivity contribution < 1.29 is 14.7 Å². The maximum atomic E-state index is 12.2. The van der Waals surface area contributed by atoms with Crippen molar-refractivity contribution in [1.29, 1.82) is 0 Å². The van der Waals surface area contributed by atoms with E-state index in [1.807, 2.05) is 37.3 Å². The zero-order chi connectivity index (χ0) is 14.0. The van der Waals surface area contributed by atoms with Gasteiger partial charge in [-0.2, -0.15) is 0 Å². The molecule has 0 bridgehead atoms. The van der Waals surface area contributed by atoms with Crippen LogP contribution in [-0.2, 0) is 4.79 Å². The molecule has 5 heteroatoms. The number of rotatable bonds is 3. The number of amides is 2. The molecule has 5 nitrogen and oxygen atoms in total. The number of nitrogens with zero attached hydrogens (tertiary/aromatic N) is 2. The molecule has 1 aromatic carbocycles. The summed E-state index contributed by atoms with van der Waals surface area (Å²) in [4.78, 5) is 26.4. The van der Waals surface area contributed by atoms with Gasteiger partial charge >= 0.3 is 12.0 Å². The summed E-state index contributed by atoms with van der Waals surface area (Å²) < 4.78 is 0. The van der Waals surface area contributed by atoms with E-state index in [1.54, 1.807) is 11.9 Å². The first-order valence-corrected chi connectivity index (χ1v) is 6.30. The molecule has 0 saturated carbocycles. The fraction of sp³-hybridized carbons (Fsp3) is 0.429. The van der Waals surface area contributed by atoms with Gasteiger partial charge in [-0.15, -0.1) is 0 Å². The third kappa shape index (κ3) is 2.70. The summed E-state index contributed by atoms with van der Waals surface area (Å²) >= 11 is 0.